The highest BCUT2D eigenvalue weighted by atomic mass is 16.6. The highest BCUT2D eigenvalue weighted by Crippen LogP contribution is 1.93. The van der Waals surface area contributed by atoms with Crippen LogP contribution in [0.15, 0.2) is 0 Å². The van der Waals surface area contributed by atoms with Crippen molar-refractivity contribution < 1.29 is 24.9 Å². The second-order valence-electron chi connectivity index (χ2n) is 2.10. The number of esters is 1. The minimum atomic E-state index is -1.23. The van der Waals surface area contributed by atoms with Crippen LogP contribution in [0.3, 0.4) is 0 Å². The lowest BCUT2D eigenvalue weighted by Gasteiger charge is -2.13. The van der Waals surface area contributed by atoms with Gasteiger partial charge in [-0.3, -0.25) is 0 Å². The van der Waals surface area contributed by atoms with E-state index in [1.165, 1.54) is 6.92 Å². The first-order valence-corrected chi connectivity index (χ1v) is 3.22. The van der Waals surface area contributed by atoms with Crippen LogP contribution < -0.4 is 0 Å². The van der Waals surface area contributed by atoms with Crippen molar-refractivity contribution in [1.82, 2.24) is 0 Å². The largest absolute Gasteiger partial charge is 0.456 e. The predicted octanol–water partition coefficient (Wildman–Crippen LogP) is -1.74. The Balaban J connectivity index is 3.72. The van der Waals surface area contributed by atoms with Crippen molar-refractivity contribution in [3.8, 4) is 0 Å². The molecule has 0 aromatic carbocycles. The Labute approximate surface area is 64.2 Å². The van der Waals surface area contributed by atoms with Crippen LogP contribution in [0, 0.1) is 0 Å². The molecule has 1 atom stereocenters. The van der Waals surface area contributed by atoms with Crippen LogP contribution in [-0.2, 0) is 9.53 Å². The van der Waals surface area contributed by atoms with E-state index in [2.05, 4.69) is 4.74 Å². The Morgan fingerprint density at radius 1 is 1.45 bits per heavy atom. The molecule has 1 unspecified atom stereocenters. The molecule has 0 aliphatic rings. The molecule has 5 heteroatoms. The lowest BCUT2D eigenvalue weighted by molar-refractivity contribution is -0.162. The second-order valence-corrected chi connectivity index (χ2v) is 2.10. The monoisotopic (exact) mass is 164 g/mol. The molecule has 0 spiro atoms. The maximum atomic E-state index is 10.6. The van der Waals surface area contributed by atoms with Gasteiger partial charge in [0.05, 0.1) is 13.2 Å². The molecule has 0 aliphatic heterocycles. The third-order valence-corrected chi connectivity index (χ3v) is 1.03. The van der Waals surface area contributed by atoms with Gasteiger partial charge in [-0.15, -0.1) is 0 Å². The molecule has 0 bridgehead atoms. The van der Waals surface area contributed by atoms with Gasteiger partial charge in [-0.25, -0.2) is 4.79 Å². The Morgan fingerprint density at radius 3 is 2.18 bits per heavy atom. The fraction of sp³-hybridized carbons (Fsp3) is 0.833. The van der Waals surface area contributed by atoms with Gasteiger partial charge in [-0.05, 0) is 6.92 Å². The van der Waals surface area contributed by atoms with Crippen LogP contribution in [-0.4, -0.2) is 46.7 Å². The van der Waals surface area contributed by atoms with Crippen molar-refractivity contribution in [3.05, 3.63) is 0 Å². The van der Waals surface area contributed by atoms with E-state index in [9.17, 15) is 4.79 Å². The van der Waals surface area contributed by atoms with E-state index >= 15 is 0 Å². The highest BCUT2D eigenvalue weighted by molar-refractivity contribution is 5.73. The Kier molecular flexibility index (Phi) is 4.76. The van der Waals surface area contributed by atoms with Crippen molar-refractivity contribution in [3.63, 3.8) is 0 Å². The van der Waals surface area contributed by atoms with Crippen molar-refractivity contribution in [2.75, 3.05) is 13.2 Å². The molecule has 66 valence electrons. The fourth-order valence-corrected chi connectivity index (χ4v) is 0.395. The summed E-state index contributed by atoms with van der Waals surface area (Å²) in [4.78, 5) is 10.6. The maximum Gasteiger partial charge on any atom is 0.335 e. The summed E-state index contributed by atoms with van der Waals surface area (Å²) in [6.07, 6.45) is -2.16. The first-order chi connectivity index (χ1) is 5.11. The summed E-state index contributed by atoms with van der Waals surface area (Å²) < 4.78 is 4.42. The molecule has 0 aliphatic carbocycles. The van der Waals surface area contributed by atoms with E-state index in [0.717, 1.165) is 0 Å². The molecule has 11 heavy (non-hydrogen) atoms. The minimum absolute atomic E-state index is 0.449. The second kappa shape index (κ2) is 5.06. The van der Waals surface area contributed by atoms with Gasteiger partial charge >= 0.3 is 5.97 Å². The third-order valence-electron chi connectivity index (χ3n) is 1.03. The summed E-state index contributed by atoms with van der Waals surface area (Å²) >= 11 is 0. The molecule has 0 fully saturated rings. The molecule has 0 amide bonds. The first-order valence-electron chi connectivity index (χ1n) is 3.22. The van der Waals surface area contributed by atoms with E-state index < -0.39 is 31.4 Å². The summed E-state index contributed by atoms with van der Waals surface area (Å²) in [5.74, 6) is -0.849. The van der Waals surface area contributed by atoms with Crippen molar-refractivity contribution >= 4 is 5.97 Å². The smallest absolute Gasteiger partial charge is 0.335 e. The highest BCUT2D eigenvalue weighted by Gasteiger charge is 2.15. The molecule has 5 nitrogen and oxygen atoms in total. The zero-order valence-electron chi connectivity index (χ0n) is 6.23. The standard InChI is InChI=1S/C6H12O5/c1-4(9)6(10)11-5(2-7)3-8/h4-5,7-9H,2-3H2,1H3. The van der Waals surface area contributed by atoms with E-state index in [4.69, 9.17) is 15.3 Å². The molecular formula is C6H12O5. The van der Waals surface area contributed by atoms with Gasteiger partial charge in [0.15, 0.2) is 0 Å². The first kappa shape index (κ1) is 10.3. The molecule has 0 aromatic heterocycles. The van der Waals surface area contributed by atoms with Gasteiger partial charge in [-0.1, -0.05) is 0 Å². The van der Waals surface area contributed by atoms with E-state index in [0.29, 0.717) is 0 Å². The van der Waals surface area contributed by atoms with Crippen molar-refractivity contribution in [1.29, 1.82) is 0 Å². The van der Waals surface area contributed by atoms with Crippen LogP contribution in [0.25, 0.3) is 0 Å². The summed E-state index contributed by atoms with van der Waals surface area (Å²) in [5.41, 5.74) is 0. The maximum absolute atomic E-state index is 10.6. The number of rotatable bonds is 4. The Morgan fingerprint density at radius 2 is 1.91 bits per heavy atom. The molecule has 0 heterocycles. The summed E-state index contributed by atoms with van der Waals surface area (Å²) in [5, 5.41) is 25.5. The molecule has 3 N–H and O–H groups in total. The zero-order valence-corrected chi connectivity index (χ0v) is 6.23. The number of carbonyl (C=O) groups excluding carboxylic acids is 1. The predicted molar refractivity (Wildman–Crippen MR) is 35.7 cm³/mol. The summed E-state index contributed by atoms with van der Waals surface area (Å²) in [7, 11) is 0. The molecule has 0 radical (unpaired) electrons. The molecule has 0 rings (SSSR count). The van der Waals surface area contributed by atoms with Crippen molar-refractivity contribution in [2.45, 2.75) is 19.1 Å². The van der Waals surface area contributed by atoms with Crippen LogP contribution in [0.5, 0.6) is 0 Å². The lowest BCUT2D eigenvalue weighted by atomic mass is 10.4. The van der Waals surface area contributed by atoms with Crippen LogP contribution in [0.1, 0.15) is 6.92 Å². The molecule has 0 aromatic rings. The summed E-state index contributed by atoms with van der Waals surface area (Å²) in [6.45, 7) is 0.345. The minimum Gasteiger partial charge on any atom is -0.456 e. The van der Waals surface area contributed by atoms with Gasteiger partial charge < -0.3 is 20.1 Å². The van der Waals surface area contributed by atoms with Crippen LogP contribution in [0.4, 0.5) is 0 Å². The average Bonchev–Trinajstić information content (AvgIpc) is 1.99. The Hall–Kier alpha value is -0.650. The Bertz CT molecular complexity index is 118. The number of aliphatic hydroxyl groups excluding tert-OH is 3. The van der Waals surface area contributed by atoms with Crippen LogP contribution >= 0.6 is 0 Å². The average molecular weight is 164 g/mol. The van der Waals surface area contributed by atoms with Gasteiger partial charge in [-0.2, -0.15) is 0 Å². The topological polar surface area (TPSA) is 87.0 Å². The van der Waals surface area contributed by atoms with E-state index in [1.54, 1.807) is 0 Å². The lowest BCUT2D eigenvalue weighted by Crippen LogP contribution is -2.30. The third kappa shape index (κ3) is 3.92. The van der Waals surface area contributed by atoms with Crippen molar-refractivity contribution in [2.24, 2.45) is 0 Å². The number of hydrogen-bond donors (Lipinski definition) is 3. The number of carbonyl (C=O) groups is 1. The van der Waals surface area contributed by atoms with Gasteiger partial charge in [0.25, 0.3) is 0 Å². The quantitative estimate of drug-likeness (QED) is 0.429. The number of aliphatic hydroxyl groups is 3. The molecule has 0 saturated carbocycles. The number of ether oxygens (including phenoxy) is 1. The van der Waals surface area contributed by atoms with Gasteiger partial charge in [0.1, 0.15) is 12.2 Å². The van der Waals surface area contributed by atoms with Crippen LogP contribution in [0.2, 0.25) is 0 Å². The summed E-state index contributed by atoms with van der Waals surface area (Å²) in [6, 6.07) is 0. The SMILES string of the molecule is CC(O)C(=O)OC(CO)CO. The fourth-order valence-electron chi connectivity index (χ4n) is 0.395. The van der Waals surface area contributed by atoms with E-state index in [-0.39, 0.29) is 0 Å². The normalized spacial score (nSPS) is 13.2. The number of hydrogen-bond acceptors (Lipinski definition) is 5. The molecular weight excluding hydrogens is 152 g/mol. The van der Waals surface area contributed by atoms with Gasteiger partial charge in [0, 0.05) is 0 Å². The van der Waals surface area contributed by atoms with E-state index in [1.807, 2.05) is 0 Å². The molecule has 0 saturated heterocycles. The zero-order chi connectivity index (χ0) is 8.85. The van der Waals surface area contributed by atoms with Gasteiger partial charge in [0.2, 0.25) is 0 Å².